The lowest BCUT2D eigenvalue weighted by molar-refractivity contribution is 0.0601. The minimum Gasteiger partial charge on any atom is -0.465 e. The van der Waals surface area contributed by atoms with Gasteiger partial charge in [0.2, 0.25) is 0 Å². The smallest absolute Gasteiger partial charge is 0.337 e. The number of hydrogen-bond donors (Lipinski definition) is 0. The van der Waals surface area contributed by atoms with Gasteiger partial charge in [-0.3, -0.25) is 4.68 Å². The minimum atomic E-state index is -0.322. The van der Waals surface area contributed by atoms with Crippen molar-refractivity contribution in [3.05, 3.63) is 41.6 Å². The minimum absolute atomic E-state index is 0.322. The standard InChI is InChI=1S/C13H14N2O2/c1-9-8-12(15(2)14-9)10-4-6-11(7-5-10)13(16)17-3/h4-8H,1-3H3. The first-order valence-corrected chi connectivity index (χ1v) is 5.31. The molecule has 0 atom stereocenters. The molecule has 4 nitrogen and oxygen atoms in total. The maximum Gasteiger partial charge on any atom is 0.337 e. The van der Waals surface area contributed by atoms with E-state index in [4.69, 9.17) is 0 Å². The Morgan fingerprint density at radius 2 is 1.94 bits per heavy atom. The number of aromatic nitrogens is 2. The Bertz CT molecular complexity index is 541. The van der Waals surface area contributed by atoms with Gasteiger partial charge in [0.15, 0.2) is 0 Å². The molecule has 0 radical (unpaired) electrons. The number of rotatable bonds is 2. The van der Waals surface area contributed by atoms with Gasteiger partial charge in [0.25, 0.3) is 0 Å². The number of methoxy groups -OCH3 is 1. The van der Waals surface area contributed by atoms with Crippen molar-refractivity contribution in [2.24, 2.45) is 7.05 Å². The van der Waals surface area contributed by atoms with Gasteiger partial charge in [0.05, 0.1) is 24.1 Å². The molecule has 0 saturated carbocycles. The van der Waals surface area contributed by atoms with E-state index in [1.54, 1.807) is 12.1 Å². The number of hydrogen-bond acceptors (Lipinski definition) is 3. The molecule has 2 rings (SSSR count). The maximum atomic E-state index is 11.3. The first kappa shape index (κ1) is 11.4. The van der Waals surface area contributed by atoms with E-state index < -0.39 is 0 Å². The summed E-state index contributed by atoms with van der Waals surface area (Å²) < 4.78 is 6.48. The summed E-state index contributed by atoms with van der Waals surface area (Å²) in [6.45, 7) is 1.95. The number of ether oxygens (including phenoxy) is 1. The molecule has 17 heavy (non-hydrogen) atoms. The Labute approximate surface area is 99.8 Å². The van der Waals surface area contributed by atoms with Crippen molar-refractivity contribution >= 4 is 5.97 Å². The van der Waals surface area contributed by atoms with Crippen LogP contribution in [0.1, 0.15) is 16.1 Å². The summed E-state index contributed by atoms with van der Waals surface area (Å²) in [5.41, 5.74) is 3.58. The molecule has 0 unspecified atom stereocenters. The van der Waals surface area contributed by atoms with E-state index in [0.717, 1.165) is 17.0 Å². The van der Waals surface area contributed by atoms with Crippen LogP contribution in [0.15, 0.2) is 30.3 Å². The van der Waals surface area contributed by atoms with Crippen LogP contribution in [-0.2, 0) is 11.8 Å². The summed E-state index contributed by atoms with van der Waals surface area (Å²) in [6.07, 6.45) is 0. The largest absolute Gasteiger partial charge is 0.465 e. The summed E-state index contributed by atoms with van der Waals surface area (Å²) in [6, 6.07) is 9.30. The number of esters is 1. The Balaban J connectivity index is 2.35. The summed E-state index contributed by atoms with van der Waals surface area (Å²) >= 11 is 0. The zero-order chi connectivity index (χ0) is 12.4. The predicted octanol–water partition coefficient (Wildman–Crippen LogP) is 2.18. The molecular weight excluding hydrogens is 216 g/mol. The van der Waals surface area contributed by atoms with Gasteiger partial charge in [0, 0.05) is 7.05 Å². The molecule has 1 aromatic heterocycles. The Morgan fingerprint density at radius 3 is 2.41 bits per heavy atom. The Hall–Kier alpha value is -2.10. The van der Waals surface area contributed by atoms with Crippen LogP contribution in [0.4, 0.5) is 0 Å². The van der Waals surface area contributed by atoms with Gasteiger partial charge in [-0.25, -0.2) is 4.79 Å². The summed E-state index contributed by atoms with van der Waals surface area (Å²) in [7, 11) is 3.28. The van der Waals surface area contributed by atoms with Crippen molar-refractivity contribution in [3.8, 4) is 11.3 Å². The topological polar surface area (TPSA) is 44.1 Å². The fourth-order valence-electron chi connectivity index (χ4n) is 1.78. The zero-order valence-corrected chi connectivity index (χ0v) is 10.1. The van der Waals surface area contributed by atoms with Crippen molar-refractivity contribution in [1.82, 2.24) is 9.78 Å². The molecule has 0 saturated heterocycles. The summed E-state index contributed by atoms with van der Waals surface area (Å²) in [5, 5.41) is 4.29. The van der Waals surface area contributed by atoms with E-state index in [0.29, 0.717) is 5.56 Å². The van der Waals surface area contributed by atoms with Crippen molar-refractivity contribution in [2.75, 3.05) is 7.11 Å². The van der Waals surface area contributed by atoms with Gasteiger partial charge in [-0.2, -0.15) is 5.10 Å². The van der Waals surface area contributed by atoms with E-state index in [9.17, 15) is 4.79 Å². The van der Waals surface area contributed by atoms with Gasteiger partial charge < -0.3 is 4.74 Å². The molecule has 4 heteroatoms. The molecule has 0 N–H and O–H groups in total. The van der Waals surface area contributed by atoms with Crippen LogP contribution in [-0.4, -0.2) is 22.9 Å². The van der Waals surface area contributed by atoms with Gasteiger partial charge >= 0.3 is 5.97 Å². The van der Waals surface area contributed by atoms with E-state index in [2.05, 4.69) is 9.84 Å². The molecule has 0 spiro atoms. The highest BCUT2D eigenvalue weighted by Gasteiger charge is 2.08. The Kier molecular flexibility index (Phi) is 2.95. The lowest BCUT2D eigenvalue weighted by Gasteiger charge is -2.03. The first-order valence-electron chi connectivity index (χ1n) is 5.31. The van der Waals surface area contributed by atoms with E-state index in [1.165, 1.54) is 7.11 Å². The fourth-order valence-corrected chi connectivity index (χ4v) is 1.78. The van der Waals surface area contributed by atoms with Crippen molar-refractivity contribution in [1.29, 1.82) is 0 Å². The van der Waals surface area contributed by atoms with Gasteiger partial charge in [-0.15, -0.1) is 0 Å². The monoisotopic (exact) mass is 230 g/mol. The molecule has 2 aromatic rings. The number of carbonyl (C=O) groups excluding carboxylic acids is 1. The molecule has 0 aliphatic heterocycles. The molecule has 0 fully saturated rings. The average molecular weight is 230 g/mol. The van der Waals surface area contributed by atoms with Gasteiger partial charge in [-0.1, -0.05) is 12.1 Å². The highest BCUT2D eigenvalue weighted by Crippen LogP contribution is 2.20. The van der Waals surface area contributed by atoms with E-state index in [1.807, 2.05) is 36.9 Å². The molecule has 0 amide bonds. The van der Waals surface area contributed by atoms with E-state index in [-0.39, 0.29) is 5.97 Å². The first-order chi connectivity index (χ1) is 8.11. The van der Waals surface area contributed by atoms with Crippen LogP contribution in [0.25, 0.3) is 11.3 Å². The Morgan fingerprint density at radius 1 is 1.29 bits per heavy atom. The highest BCUT2D eigenvalue weighted by molar-refractivity contribution is 5.89. The van der Waals surface area contributed by atoms with Crippen LogP contribution in [0, 0.1) is 6.92 Å². The van der Waals surface area contributed by atoms with Crippen LogP contribution in [0.2, 0.25) is 0 Å². The lowest BCUT2D eigenvalue weighted by Crippen LogP contribution is -2.00. The molecule has 0 aliphatic rings. The molecular formula is C13H14N2O2. The number of carbonyl (C=O) groups is 1. The number of aryl methyl sites for hydroxylation is 2. The van der Waals surface area contributed by atoms with Crippen LogP contribution < -0.4 is 0 Å². The van der Waals surface area contributed by atoms with Crippen LogP contribution in [0.5, 0.6) is 0 Å². The van der Waals surface area contributed by atoms with Crippen molar-refractivity contribution in [2.45, 2.75) is 6.92 Å². The zero-order valence-electron chi connectivity index (χ0n) is 10.1. The quantitative estimate of drug-likeness (QED) is 0.743. The second-order valence-electron chi connectivity index (χ2n) is 3.86. The molecule has 1 heterocycles. The summed E-state index contributed by atoms with van der Waals surface area (Å²) in [5.74, 6) is -0.322. The maximum absolute atomic E-state index is 11.3. The molecule has 0 bridgehead atoms. The predicted molar refractivity (Wildman–Crippen MR) is 64.7 cm³/mol. The van der Waals surface area contributed by atoms with Crippen LogP contribution in [0.3, 0.4) is 0 Å². The third-order valence-corrected chi connectivity index (χ3v) is 2.60. The van der Waals surface area contributed by atoms with Crippen LogP contribution >= 0.6 is 0 Å². The fraction of sp³-hybridized carbons (Fsp3) is 0.231. The number of benzene rings is 1. The normalized spacial score (nSPS) is 10.3. The third kappa shape index (κ3) is 2.20. The second kappa shape index (κ2) is 4.41. The molecule has 0 aliphatic carbocycles. The lowest BCUT2D eigenvalue weighted by atomic mass is 10.1. The average Bonchev–Trinajstić information content (AvgIpc) is 2.68. The molecule has 88 valence electrons. The van der Waals surface area contributed by atoms with Gasteiger partial charge in [-0.05, 0) is 30.7 Å². The second-order valence-corrected chi connectivity index (χ2v) is 3.86. The van der Waals surface area contributed by atoms with Gasteiger partial charge in [0.1, 0.15) is 0 Å². The van der Waals surface area contributed by atoms with Crippen molar-refractivity contribution < 1.29 is 9.53 Å². The van der Waals surface area contributed by atoms with E-state index >= 15 is 0 Å². The SMILES string of the molecule is COC(=O)c1ccc(-c2cc(C)nn2C)cc1. The summed E-state index contributed by atoms with van der Waals surface area (Å²) in [4.78, 5) is 11.3. The molecule has 1 aromatic carbocycles. The third-order valence-electron chi connectivity index (χ3n) is 2.60. The highest BCUT2D eigenvalue weighted by atomic mass is 16.5. The van der Waals surface area contributed by atoms with Crippen molar-refractivity contribution in [3.63, 3.8) is 0 Å². The number of nitrogens with zero attached hydrogens (tertiary/aromatic N) is 2.